The third kappa shape index (κ3) is 4.66. The molecule has 0 saturated heterocycles. The van der Waals surface area contributed by atoms with Crippen molar-refractivity contribution in [1.29, 1.82) is 5.41 Å². The Morgan fingerprint density at radius 3 is 2.55 bits per heavy atom. The van der Waals surface area contributed by atoms with Gasteiger partial charge in [0.1, 0.15) is 17.1 Å². The van der Waals surface area contributed by atoms with Gasteiger partial charge in [-0.1, -0.05) is 0 Å². The van der Waals surface area contributed by atoms with Gasteiger partial charge in [0.25, 0.3) is 0 Å². The van der Waals surface area contributed by atoms with E-state index in [1.807, 2.05) is 0 Å². The van der Waals surface area contributed by atoms with Gasteiger partial charge in [-0.3, -0.25) is 15.1 Å². The minimum Gasteiger partial charge on any atom is -0.493 e. The molecular weight excluding hydrogens is 499 g/mol. The van der Waals surface area contributed by atoms with Crippen molar-refractivity contribution in [3.8, 4) is 28.7 Å². The first-order valence-corrected chi connectivity index (χ1v) is 11.2. The van der Waals surface area contributed by atoms with Gasteiger partial charge >= 0.3 is 11.7 Å². The van der Waals surface area contributed by atoms with Gasteiger partial charge in [0.05, 0.1) is 32.6 Å². The average Bonchev–Trinajstić information content (AvgIpc) is 3.47. The maximum absolute atomic E-state index is 16.0. The summed E-state index contributed by atoms with van der Waals surface area (Å²) < 4.78 is 34.0. The lowest BCUT2D eigenvalue weighted by atomic mass is 10.1. The molecule has 0 aliphatic carbocycles. The van der Waals surface area contributed by atoms with Gasteiger partial charge in [-0.25, -0.2) is 14.0 Å². The normalized spacial score (nSPS) is 10.8. The summed E-state index contributed by atoms with van der Waals surface area (Å²) in [7, 11) is 4.26. The molecule has 0 aliphatic rings. The van der Waals surface area contributed by atoms with Crippen molar-refractivity contribution in [3.63, 3.8) is 0 Å². The second-order valence-corrected chi connectivity index (χ2v) is 7.88. The molecule has 5 N–H and O–H groups in total. The van der Waals surface area contributed by atoms with Gasteiger partial charge in [0.2, 0.25) is 0 Å². The number of anilines is 2. The lowest BCUT2D eigenvalue weighted by Gasteiger charge is -2.17. The number of carbonyl (C=O) groups excluding carboxylic acids is 1. The molecule has 2 heterocycles. The number of H-pyrrole nitrogens is 1. The zero-order valence-electron chi connectivity index (χ0n) is 21.0. The molecule has 0 fully saturated rings. The van der Waals surface area contributed by atoms with Gasteiger partial charge in [-0.2, -0.15) is 9.78 Å². The molecule has 0 spiro atoms. The van der Waals surface area contributed by atoms with E-state index in [0.29, 0.717) is 11.3 Å². The fourth-order valence-electron chi connectivity index (χ4n) is 3.76. The van der Waals surface area contributed by atoms with Gasteiger partial charge in [0, 0.05) is 18.3 Å². The first-order valence-electron chi connectivity index (χ1n) is 11.2. The second-order valence-electron chi connectivity index (χ2n) is 7.88. The van der Waals surface area contributed by atoms with Crippen LogP contribution in [0.2, 0.25) is 0 Å². The van der Waals surface area contributed by atoms with Crippen molar-refractivity contribution in [2.75, 3.05) is 26.1 Å². The number of nitrogens with one attached hydrogen (secondary N) is 3. The van der Waals surface area contributed by atoms with E-state index in [-0.39, 0.29) is 52.4 Å². The molecule has 0 saturated carbocycles. The Kier molecular flexibility index (Phi) is 7.14. The summed E-state index contributed by atoms with van der Waals surface area (Å²) in [6.45, 7) is 1.77. The molecule has 0 atom stereocenters. The number of aryl methyl sites for hydroxylation is 1. The van der Waals surface area contributed by atoms with Crippen LogP contribution in [-0.4, -0.2) is 57.2 Å². The van der Waals surface area contributed by atoms with E-state index < -0.39 is 17.5 Å². The number of carbonyl (C=O) groups is 1. The fourth-order valence-corrected chi connectivity index (χ4v) is 3.76. The zero-order valence-corrected chi connectivity index (χ0v) is 21.0. The highest BCUT2D eigenvalue weighted by Gasteiger charge is 2.26. The van der Waals surface area contributed by atoms with Gasteiger partial charge < -0.3 is 25.3 Å². The minimum absolute atomic E-state index is 0.0126. The van der Waals surface area contributed by atoms with Crippen molar-refractivity contribution in [3.05, 3.63) is 64.0 Å². The maximum atomic E-state index is 16.0. The van der Waals surface area contributed by atoms with Crippen LogP contribution in [0.3, 0.4) is 0 Å². The van der Waals surface area contributed by atoms with E-state index in [9.17, 15) is 9.59 Å². The minimum atomic E-state index is -0.796. The molecule has 38 heavy (non-hydrogen) atoms. The third-order valence-corrected chi connectivity index (χ3v) is 5.55. The van der Waals surface area contributed by atoms with Crippen LogP contribution in [-0.2, 0) is 11.8 Å². The molecular formula is C24H25FN8O5. The van der Waals surface area contributed by atoms with Gasteiger partial charge in [-0.05, 0) is 37.3 Å². The molecule has 4 rings (SSSR count). The number of hydrogen-bond donors (Lipinski definition) is 4. The number of rotatable bonds is 9. The molecule has 2 aromatic carbocycles. The highest BCUT2D eigenvalue weighted by molar-refractivity contribution is 5.95. The summed E-state index contributed by atoms with van der Waals surface area (Å²) in [5, 5.41) is 18.7. The summed E-state index contributed by atoms with van der Waals surface area (Å²) in [6.07, 6.45) is 1.25. The van der Waals surface area contributed by atoms with Crippen LogP contribution in [0, 0.1) is 11.2 Å². The molecule has 13 nitrogen and oxygen atoms in total. The first-order chi connectivity index (χ1) is 18.2. The number of esters is 1. The third-order valence-electron chi connectivity index (χ3n) is 5.55. The van der Waals surface area contributed by atoms with Crippen molar-refractivity contribution in [1.82, 2.24) is 24.5 Å². The molecule has 0 aliphatic heterocycles. The van der Waals surface area contributed by atoms with Crippen LogP contribution in [0.15, 0.2) is 41.3 Å². The Hall–Kier alpha value is -5.14. The zero-order chi connectivity index (χ0) is 27.6. The standard InChI is InChI=1S/C24H25FN8O5/c1-5-38-23(34)15-11-28-32(2)22(15)33-24(35)30-21(31-33)14-10-16(36-3)19(37-4)18(17(14)25)29-13-8-6-12(7-9-13)20(26)27/h6-11,29H,5H2,1-4H3,(H3,26,27)(H,30,31,35). The Bertz CT molecular complexity index is 1570. The number of amidine groups is 1. The Morgan fingerprint density at radius 1 is 1.24 bits per heavy atom. The molecule has 2 aromatic heterocycles. The summed E-state index contributed by atoms with van der Waals surface area (Å²) >= 11 is 0. The van der Waals surface area contributed by atoms with Crippen LogP contribution < -0.4 is 26.2 Å². The van der Waals surface area contributed by atoms with Crippen molar-refractivity contribution < 1.29 is 23.4 Å². The number of halogens is 1. The molecule has 198 valence electrons. The second kappa shape index (κ2) is 10.5. The van der Waals surface area contributed by atoms with E-state index in [2.05, 4.69) is 20.5 Å². The SMILES string of the molecule is CCOC(=O)c1cnn(C)c1-n1nc(-c2cc(OC)c(OC)c(Nc3ccc(C(=N)N)cc3)c2F)[nH]c1=O. The van der Waals surface area contributed by atoms with Crippen LogP contribution >= 0.6 is 0 Å². The monoisotopic (exact) mass is 524 g/mol. The molecule has 0 unspecified atom stereocenters. The van der Waals surface area contributed by atoms with E-state index in [0.717, 1.165) is 4.68 Å². The Labute approximate surface area is 215 Å². The topological polar surface area (TPSA) is 175 Å². The number of methoxy groups -OCH3 is 2. The highest BCUT2D eigenvalue weighted by atomic mass is 19.1. The smallest absolute Gasteiger partial charge is 0.349 e. The number of nitrogens with two attached hydrogens (primary N) is 1. The van der Waals surface area contributed by atoms with Gasteiger partial charge in [-0.15, -0.1) is 5.10 Å². The molecule has 4 aromatic rings. The molecule has 0 bridgehead atoms. The molecule has 14 heteroatoms. The van der Waals surface area contributed by atoms with E-state index >= 15 is 4.39 Å². The van der Waals surface area contributed by atoms with Crippen molar-refractivity contribution >= 4 is 23.2 Å². The number of aromatic nitrogens is 5. The largest absolute Gasteiger partial charge is 0.493 e. The van der Waals surface area contributed by atoms with Gasteiger partial charge in [0.15, 0.2) is 29.0 Å². The molecule has 0 amide bonds. The fraction of sp³-hybridized carbons (Fsp3) is 0.208. The Balaban J connectivity index is 1.83. The number of ether oxygens (including phenoxy) is 3. The summed E-state index contributed by atoms with van der Waals surface area (Å²) in [5.74, 6) is -1.46. The summed E-state index contributed by atoms with van der Waals surface area (Å²) in [4.78, 5) is 27.8. The van der Waals surface area contributed by atoms with E-state index in [1.165, 1.54) is 38.2 Å². The molecule has 0 radical (unpaired) electrons. The number of nitrogens with zero attached hydrogens (tertiary/aromatic N) is 4. The highest BCUT2D eigenvalue weighted by Crippen LogP contribution is 2.43. The predicted molar refractivity (Wildman–Crippen MR) is 136 cm³/mol. The quantitative estimate of drug-likeness (QED) is 0.145. The lowest BCUT2D eigenvalue weighted by molar-refractivity contribution is 0.0526. The maximum Gasteiger partial charge on any atom is 0.349 e. The number of nitrogen functional groups attached to an aromatic ring is 1. The summed E-state index contributed by atoms with van der Waals surface area (Å²) in [5.41, 5.74) is 5.55. The first kappa shape index (κ1) is 25.9. The lowest BCUT2D eigenvalue weighted by Crippen LogP contribution is -2.21. The van der Waals surface area contributed by atoms with Crippen LogP contribution in [0.5, 0.6) is 11.5 Å². The van der Waals surface area contributed by atoms with Crippen molar-refractivity contribution in [2.45, 2.75) is 6.92 Å². The number of benzene rings is 2. The summed E-state index contributed by atoms with van der Waals surface area (Å²) in [6, 6.07) is 7.76. The van der Waals surface area contributed by atoms with Crippen LogP contribution in [0.1, 0.15) is 22.8 Å². The Morgan fingerprint density at radius 2 is 1.95 bits per heavy atom. The van der Waals surface area contributed by atoms with Crippen LogP contribution in [0.4, 0.5) is 15.8 Å². The predicted octanol–water partition coefficient (Wildman–Crippen LogP) is 2.32. The van der Waals surface area contributed by atoms with Crippen molar-refractivity contribution in [2.24, 2.45) is 12.8 Å². The average molecular weight is 525 g/mol. The number of aromatic amines is 1. The van der Waals surface area contributed by atoms with Crippen LogP contribution in [0.25, 0.3) is 17.2 Å². The van der Waals surface area contributed by atoms with E-state index in [1.54, 1.807) is 31.2 Å². The number of hydrogen-bond acceptors (Lipinski definition) is 9. The van der Waals surface area contributed by atoms with E-state index in [4.69, 9.17) is 25.4 Å².